The van der Waals surface area contributed by atoms with Crippen LogP contribution in [0.1, 0.15) is 25.0 Å². The lowest BCUT2D eigenvalue weighted by Crippen LogP contribution is -2.35. The number of nitrogens with one attached hydrogen (secondary N) is 1. The van der Waals surface area contributed by atoms with Crippen LogP contribution in [-0.2, 0) is 16.8 Å². The molecule has 0 bridgehead atoms. The Kier molecular flexibility index (Phi) is 6.22. The average molecular weight is 498 g/mol. The Morgan fingerprint density at radius 2 is 1.84 bits per heavy atom. The van der Waals surface area contributed by atoms with Crippen LogP contribution in [0, 0.1) is 5.82 Å². The van der Waals surface area contributed by atoms with Crippen molar-refractivity contribution in [3.05, 3.63) is 96.1 Å². The van der Waals surface area contributed by atoms with E-state index in [0.717, 1.165) is 5.56 Å². The zero-order chi connectivity index (χ0) is 26.0. The minimum Gasteiger partial charge on any atom is -0.382 e. The Morgan fingerprint density at radius 1 is 1.08 bits per heavy atom. The molecule has 0 radical (unpaired) electrons. The van der Waals surface area contributed by atoms with E-state index in [4.69, 9.17) is 10.3 Å². The molecule has 10 heteroatoms. The van der Waals surface area contributed by atoms with Crippen LogP contribution in [0.15, 0.2) is 83.7 Å². The summed E-state index contributed by atoms with van der Waals surface area (Å²) in [4.78, 5) is 21.8. The summed E-state index contributed by atoms with van der Waals surface area (Å²) in [6.45, 7) is 3.82. The first-order chi connectivity index (χ1) is 17.8. The molecule has 37 heavy (non-hydrogen) atoms. The molecule has 3 aromatic heterocycles. The molecular formula is C27H24FN7O2. The zero-order valence-electron chi connectivity index (χ0n) is 20.2. The highest BCUT2D eigenvalue weighted by atomic mass is 19.1. The molecule has 0 unspecified atom stereocenters. The van der Waals surface area contributed by atoms with Crippen molar-refractivity contribution in [1.82, 2.24) is 24.9 Å². The maximum absolute atomic E-state index is 14.3. The molecule has 3 heterocycles. The molecule has 1 amide bonds. The number of benzene rings is 2. The molecule has 0 saturated heterocycles. The summed E-state index contributed by atoms with van der Waals surface area (Å²) in [5, 5.41) is 11.4. The Bertz CT molecular complexity index is 1550. The third kappa shape index (κ3) is 4.81. The van der Waals surface area contributed by atoms with Gasteiger partial charge in [-0.15, -0.1) is 0 Å². The summed E-state index contributed by atoms with van der Waals surface area (Å²) in [5.74, 6) is -0.252. The summed E-state index contributed by atoms with van der Waals surface area (Å²) in [7, 11) is 0. The molecule has 2 aromatic carbocycles. The van der Waals surface area contributed by atoms with Gasteiger partial charge in [0.15, 0.2) is 11.6 Å². The number of rotatable bonds is 7. The summed E-state index contributed by atoms with van der Waals surface area (Å²) < 4.78 is 20.9. The Hall–Kier alpha value is -4.86. The molecule has 3 N–H and O–H groups in total. The van der Waals surface area contributed by atoms with Gasteiger partial charge < -0.3 is 15.6 Å². The first kappa shape index (κ1) is 23.9. The van der Waals surface area contributed by atoms with Gasteiger partial charge in [0.1, 0.15) is 29.2 Å². The summed E-state index contributed by atoms with van der Waals surface area (Å²) in [6.07, 6.45) is 2.89. The molecule has 0 aliphatic rings. The van der Waals surface area contributed by atoms with Crippen molar-refractivity contribution in [1.29, 1.82) is 0 Å². The van der Waals surface area contributed by atoms with E-state index in [1.807, 2.05) is 44.2 Å². The predicted octanol–water partition coefficient (Wildman–Crippen LogP) is 4.68. The van der Waals surface area contributed by atoms with Gasteiger partial charge in [-0.05, 0) is 31.5 Å². The number of carbonyl (C=O) groups is 1. The normalized spacial score (nSPS) is 11.4. The molecule has 5 rings (SSSR count). The monoisotopic (exact) mass is 497 g/mol. The van der Waals surface area contributed by atoms with Gasteiger partial charge in [-0.3, -0.25) is 9.48 Å². The molecule has 0 fully saturated rings. The third-order valence-corrected chi connectivity index (χ3v) is 6.12. The van der Waals surface area contributed by atoms with Gasteiger partial charge in [-0.1, -0.05) is 53.7 Å². The zero-order valence-corrected chi connectivity index (χ0v) is 20.2. The van der Waals surface area contributed by atoms with Crippen LogP contribution in [-0.4, -0.2) is 30.8 Å². The Balaban J connectivity index is 1.43. The first-order valence-corrected chi connectivity index (χ1v) is 11.5. The van der Waals surface area contributed by atoms with E-state index >= 15 is 0 Å². The molecule has 0 aliphatic carbocycles. The fourth-order valence-electron chi connectivity index (χ4n) is 3.86. The molecule has 0 aliphatic heterocycles. The van der Waals surface area contributed by atoms with Crippen molar-refractivity contribution in [3.63, 3.8) is 0 Å². The quantitative estimate of drug-likeness (QED) is 0.334. The minimum absolute atomic E-state index is 0.0915. The fourth-order valence-corrected chi connectivity index (χ4v) is 3.86. The number of nitrogens with two attached hydrogens (primary N) is 1. The lowest BCUT2D eigenvalue weighted by atomic mass is 9.84. The Labute approximate surface area is 212 Å². The highest BCUT2D eigenvalue weighted by Gasteiger charge is 2.30. The highest BCUT2D eigenvalue weighted by Crippen LogP contribution is 2.28. The van der Waals surface area contributed by atoms with Gasteiger partial charge in [0.2, 0.25) is 5.91 Å². The van der Waals surface area contributed by atoms with Gasteiger partial charge in [0.05, 0.1) is 23.9 Å². The van der Waals surface area contributed by atoms with Crippen molar-refractivity contribution in [2.75, 3.05) is 11.1 Å². The van der Waals surface area contributed by atoms with Crippen LogP contribution in [0.5, 0.6) is 0 Å². The van der Waals surface area contributed by atoms with Gasteiger partial charge in [0.25, 0.3) is 0 Å². The van der Waals surface area contributed by atoms with Crippen LogP contribution < -0.4 is 11.1 Å². The number of amides is 1. The fraction of sp³-hybridized carbons (Fsp3) is 0.148. The van der Waals surface area contributed by atoms with E-state index in [2.05, 4.69) is 25.5 Å². The van der Waals surface area contributed by atoms with Gasteiger partial charge in [-0.25, -0.2) is 14.4 Å². The second-order valence-corrected chi connectivity index (χ2v) is 8.99. The van der Waals surface area contributed by atoms with Crippen LogP contribution in [0.25, 0.3) is 22.9 Å². The van der Waals surface area contributed by atoms with Gasteiger partial charge in [0, 0.05) is 11.6 Å². The number of halogens is 1. The van der Waals surface area contributed by atoms with Gasteiger partial charge in [-0.2, -0.15) is 5.10 Å². The smallest absolute Gasteiger partial charge is 0.234 e. The van der Waals surface area contributed by atoms with Crippen molar-refractivity contribution in [2.24, 2.45) is 0 Å². The van der Waals surface area contributed by atoms with Crippen molar-refractivity contribution in [3.8, 4) is 22.9 Å². The molecule has 0 saturated carbocycles. The predicted molar refractivity (Wildman–Crippen MR) is 137 cm³/mol. The summed E-state index contributed by atoms with van der Waals surface area (Å²) in [5.41, 5.74) is 8.53. The number of nitrogens with zero attached hydrogens (tertiary/aromatic N) is 5. The van der Waals surface area contributed by atoms with Crippen LogP contribution in [0.4, 0.5) is 15.9 Å². The minimum atomic E-state index is -0.801. The molecular weight excluding hydrogens is 473 g/mol. The van der Waals surface area contributed by atoms with E-state index in [9.17, 15) is 9.18 Å². The summed E-state index contributed by atoms with van der Waals surface area (Å²) in [6, 6.07) is 19.3. The number of nitrogen functional groups attached to an aromatic ring is 1. The van der Waals surface area contributed by atoms with E-state index in [1.54, 1.807) is 35.0 Å². The standard InChI is InChI=1S/C27H24FN7O2/c1-27(2,18-9-4-3-5-10-18)26(36)31-22-15-30-25(32-24(22)29)21-14-23(20-12-13-37-34-20)35(33-21)16-17-8-6-7-11-19(17)28/h3-15H,16H2,1-2H3,(H,31,36)(H2,29,30,32). The van der Waals surface area contributed by atoms with Crippen LogP contribution in [0.3, 0.4) is 0 Å². The van der Waals surface area contributed by atoms with E-state index in [0.29, 0.717) is 28.3 Å². The topological polar surface area (TPSA) is 125 Å². The highest BCUT2D eigenvalue weighted by molar-refractivity contribution is 6.00. The number of hydrogen-bond donors (Lipinski definition) is 2. The summed E-state index contributed by atoms with van der Waals surface area (Å²) >= 11 is 0. The van der Waals surface area contributed by atoms with Crippen molar-refractivity contribution < 1.29 is 13.7 Å². The second kappa shape index (κ2) is 9.65. The van der Waals surface area contributed by atoms with E-state index < -0.39 is 5.41 Å². The van der Waals surface area contributed by atoms with Crippen molar-refractivity contribution >= 4 is 17.4 Å². The lowest BCUT2D eigenvalue weighted by Gasteiger charge is -2.24. The number of anilines is 2. The van der Waals surface area contributed by atoms with Crippen molar-refractivity contribution in [2.45, 2.75) is 25.8 Å². The number of aromatic nitrogens is 5. The maximum Gasteiger partial charge on any atom is 0.234 e. The third-order valence-electron chi connectivity index (χ3n) is 6.12. The average Bonchev–Trinajstić information content (AvgIpc) is 3.57. The molecule has 9 nitrogen and oxygen atoms in total. The molecule has 5 aromatic rings. The van der Waals surface area contributed by atoms with E-state index in [-0.39, 0.29) is 29.9 Å². The molecule has 0 spiro atoms. The largest absolute Gasteiger partial charge is 0.382 e. The molecule has 0 atom stereocenters. The second-order valence-electron chi connectivity index (χ2n) is 8.99. The van der Waals surface area contributed by atoms with Gasteiger partial charge >= 0.3 is 0 Å². The number of hydrogen-bond acceptors (Lipinski definition) is 7. The maximum atomic E-state index is 14.3. The molecule has 186 valence electrons. The number of carbonyl (C=O) groups excluding carboxylic acids is 1. The van der Waals surface area contributed by atoms with E-state index in [1.165, 1.54) is 18.5 Å². The Morgan fingerprint density at radius 3 is 2.54 bits per heavy atom. The SMILES string of the molecule is CC(C)(C(=O)Nc1cnc(-c2cc(-c3ccon3)n(Cc3ccccc3F)n2)nc1N)c1ccccc1. The first-order valence-electron chi connectivity index (χ1n) is 11.5. The van der Waals surface area contributed by atoms with Crippen LogP contribution in [0.2, 0.25) is 0 Å². The lowest BCUT2D eigenvalue weighted by molar-refractivity contribution is -0.120. The van der Waals surface area contributed by atoms with Crippen LogP contribution >= 0.6 is 0 Å².